The summed E-state index contributed by atoms with van der Waals surface area (Å²) in [6.07, 6.45) is 2.30. The van der Waals surface area contributed by atoms with E-state index in [2.05, 4.69) is 52.4 Å². The summed E-state index contributed by atoms with van der Waals surface area (Å²) in [7, 11) is 0. The monoisotopic (exact) mass is 331 g/mol. The Morgan fingerprint density at radius 3 is 3.17 bits per heavy atom. The number of benzene rings is 1. The van der Waals surface area contributed by atoms with Crippen LogP contribution in [0.2, 0.25) is 0 Å². The second kappa shape index (κ2) is 6.83. The molecular weight excluding hydrogens is 306 g/mol. The van der Waals surface area contributed by atoms with Gasteiger partial charge in [-0.2, -0.15) is 11.8 Å². The topological polar surface area (TPSA) is 30.3 Å². The number of imidazole rings is 1. The van der Waals surface area contributed by atoms with Crippen molar-refractivity contribution in [2.75, 3.05) is 25.5 Å². The van der Waals surface area contributed by atoms with Crippen LogP contribution in [-0.2, 0) is 17.8 Å². The third kappa shape index (κ3) is 3.02. The molecule has 0 N–H and O–H groups in total. The highest BCUT2D eigenvalue weighted by molar-refractivity contribution is 8.00. The minimum atomic E-state index is 0.640. The molecule has 5 heteroatoms. The number of ether oxygens (including phenoxy) is 1. The number of hydrogen-bond acceptors (Lipinski definition) is 4. The fourth-order valence-electron chi connectivity index (χ4n) is 3.86. The first-order valence-electron chi connectivity index (χ1n) is 8.74. The lowest BCUT2D eigenvalue weighted by Gasteiger charge is -2.43. The molecule has 0 saturated carbocycles. The molecular formula is C18H25N3OS. The average Bonchev–Trinajstić information content (AvgIpc) is 2.93. The molecule has 1 aromatic carbocycles. The molecule has 3 heterocycles. The van der Waals surface area contributed by atoms with Crippen LogP contribution in [0.15, 0.2) is 24.3 Å². The molecule has 2 aromatic rings. The number of hydrogen-bond donors (Lipinski definition) is 0. The van der Waals surface area contributed by atoms with E-state index in [-0.39, 0.29) is 0 Å². The zero-order chi connectivity index (χ0) is 15.6. The Hall–Kier alpha value is -1.04. The quantitative estimate of drug-likeness (QED) is 0.861. The summed E-state index contributed by atoms with van der Waals surface area (Å²) >= 11 is 2.09. The van der Waals surface area contributed by atoms with Crippen LogP contribution in [0.25, 0.3) is 11.0 Å². The minimum absolute atomic E-state index is 0.640. The third-order valence-corrected chi connectivity index (χ3v) is 6.27. The third-order valence-electron chi connectivity index (χ3n) is 4.97. The molecule has 1 aromatic heterocycles. The van der Waals surface area contributed by atoms with Crippen LogP contribution in [0.3, 0.4) is 0 Å². The van der Waals surface area contributed by atoms with Crippen LogP contribution in [0.1, 0.15) is 25.6 Å². The van der Waals surface area contributed by atoms with Crippen LogP contribution >= 0.6 is 11.8 Å². The molecule has 2 aliphatic heterocycles. The first-order valence-corrected chi connectivity index (χ1v) is 9.79. The van der Waals surface area contributed by atoms with E-state index in [1.165, 1.54) is 23.6 Å². The Morgan fingerprint density at radius 2 is 2.26 bits per heavy atom. The Bertz CT molecular complexity index is 669. The van der Waals surface area contributed by atoms with Gasteiger partial charge in [-0.3, -0.25) is 4.90 Å². The highest BCUT2D eigenvalue weighted by Gasteiger charge is 2.35. The van der Waals surface area contributed by atoms with Gasteiger partial charge < -0.3 is 9.30 Å². The molecule has 2 atom stereocenters. The lowest BCUT2D eigenvalue weighted by atomic mass is 10.1. The number of nitrogens with zero attached hydrogens (tertiary/aromatic N) is 3. The van der Waals surface area contributed by atoms with Gasteiger partial charge in [0.15, 0.2) is 0 Å². The lowest BCUT2D eigenvalue weighted by Crippen LogP contribution is -2.51. The second-order valence-corrected chi connectivity index (χ2v) is 7.83. The summed E-state index contributed by atoms with van der Waals surface area (Å²) in [5.41, 5.74) is 2.41. The van der Waals surface area contributed by atoms with Crippen molar-refractivity contribution in [3.05, 3.63) is 30.1 Å². The van der Waals surface area contributed by atoms with E-state index in [0.29, 0.717) is 11.3 Å². The van der Waals surface area contributed by atoms with Crippen molar-refractivity contribution in [2.45, 2.75) is 44.1 Å². The van der Waals surface area contributed by atoms with E-state index in [0.717, 1.165) is 44.7 Å². The summed E-state index contributed by atoms with van der Waals surface area (Å²) in [5.74, 6) is 2.43. The van der Waals surface area contributed by atoms with E-state index in [1.807, 2.05) is 0 Å². The second-order valence-electron chi connectivity index (χ2n) is 6.48. The first-order chi connectivity index (χ1) is 11.4. The van der Waals surface area contributed by atoms with E-state index < -0.39 is 0 Å². The maximum absolute atomic E-state index is 5.68. The number of thioether (sulfide) groups is 1. The maximum atomic E-state index is 5.68. The van der Waals surface area contributed by atoms with Crippen LogP contribution in [0.4, 0.5) is 0 Å². The van der Waals surface area contributed by atoms with Crippen molar-refractivity contribution in [2.24, 2.45) is 0 Å². The fraction of sp³-hybridized carbons (Fsp3) is 0.611. The number of aryl methyl sites for hydroxylation is 1. The van der Waals surface area contributed by atoms with Crippen molar-refractivity contribution >= 4 is 22.8 Å². The van der Waals surface area contributed by atoms with Gasteiger partial charge in [0.05, 0.1) is 24.2 Å². The van der Waals surface area contributed by atoms with Gasteiger partial charge in [-0.05, 0) is 25.0 Å². The summed E-state index contributed by atoms with van der Waals surface area (Å²) in [4.78, 5) is 7.60. The van der Waals surface area contributed by atoms with Gasteiger partial charge in [0.2, 0.25) is 0 Å². The average molecular weight is 331 g/mol. The summed E-state index contributed by atoms with van der Waals surface area (Å²) in [6.45, 7) is 7.25. The Kier molecular flexibility index (Phi) is 4.60. The number of para-hydroxylation sites is 2. The molecule has 0 aliphatic carbocycles. The van der Waals surface area contributed by atoms with E-state index >= 15 is 0 Å². The van der Waals surface area contributed by atoms with Gasteiger partial charge in [-0.1, -0.05) is 19.1 Å². The zero-order valence-electron chi connectivity index (χ0n) is 13.8. The van der Waals surface area contributed by atoms with Crippen LogP contribution in [0, 0.1) is 0 Å². The molecule has 2 saturated heterocycles. The van der Waals surface area contributed by atoms with Crippen LogP contribution in [-0.4, -0.2) is 51.3 Å². The molecule has 0 spiro atoms. The van der Waals surface area contributed by atoms with Crippen molar-refractivity contribution in [3.8, 4) is 0 Å². The Labute approximate surface area is 142 Å². The summed E-state index contributed by atoms with van der Waals surface area (Å²) in [5, 5.41) is 0.640. The van der Waals surface area contributed by atoms with Crippen LogP contribution < -0.4 is 0 Å². The Morgan fingerprint density at radius 1 is 1.35 bits per heavy atom. The fourth-order valence-corrected chi connectivity index (χ4v) is 5.23. The van der Waals surface area contributed by atoms with Crippen molar-refractivity contribution in [3.63, 3.8) is 0 Å². The van der Waals surface area contributed by atoms with E-state index in [1.54, 1.807) is 0 Å². The number of fused-ring (bicyclic) bond motifs is 2. The SMILES string of the molecule is CCCn1c(CN2CCS[C@@H]3COCC[C@H]32)nc2ccccc21. The standard InChI is InChI=1S/C18H25N3OS/c1-2-8-21-15-6-4-3-5-14(15)19-18(21)12-20-9-11-23-17-13-22-10-7-16(17)20/h3-6,16-17H,2,7-13H2,1H3/t16-,17-/m1/s1. The van der Waals surface area contributed by atoms with Crippen molar-refractivity contribution in [1.82, 2.24) is 14.5 Å². The molecule has 124 valence electrons. The van der Waals surface area contributed by atoms with Gasteiger partial charge in [0, 0.05) is 36.7 Å². The molecule has 2 fully saturated rings. The van der Waals surface area contributed by atoms with Gasteiger partial charge in [-0.15, -0.1) is 0 Å². The largest absolute Gasteiger partial charge is 0.380 e. The smallest absolute Gasteiger partial charge is 0.124 e. The molecule has 0 unspecified atom stereocenters. The van der Waals surface area contributed by atoms with Gasteiger partial charge in [0.1, 0.15) is 5.82 Å². The normalized spacial score (nSPS) is 25.6. The Balaban J connectivity index is 1.62. The molecule has 4 rings (SSSR count). The summed E-state index contributed by atoms with van der Waals surface area (Å²) < 4.78 is 8.10. The van der Waals surface area contributed by atoms with Gasteiger partial charge in [0.25, 0.3) is 0 Å². The highest BCUT2D eigenvalue weighted by Crippen LogP contribution is 2.31. The molecule has 0 bridgehead atoms. The molecule has 0 amide bonds. The predicted molar refractivity (Wildman–Crippen MR) is 95.9 cm³/mol. The molecule has 0 radical (unpaired) electrons. The van der Waals surface area contributed by atoms with Crippen LogP contribution in [0.5, 0.6) is 0 Å². The summed E-state index contributed by atoms with van der Waals surface area (Å²) in [6, 6.07) is 9.18. The zero-order valence-corrected chi connectivity index (χ0v) is 14.6. The van der Waals surface area contributed by atoms with E-state index in [4.69, 9.17) is 9.72 Å². The first kappa shape index (κ1) is 15.5. The van der Waals surface area contributed by atoms with Crippen molar-refractivity contribution in [1.29, 1.82) is 0 Å². The van der Waals surface area contributed by atoms with Gasteiger partial charge in [-0.25, -0.2) is 4.98 Å². The molecule has 2 aliphatic rings. The lowest BCUT2D eigenvalue weighted by molar-refractivity contribution is 0.0339. The van der Waals surface area contributed by atoms with E-state index in [9.17, 15) is 0 Å². The predicted octanol–water partition coefficient (Wildman–Crippen LogP) is 3.15. The highest BCUT2D eigenvalue weighted by atomic mass is 32.2. The number of aromatic nitrogens is 2. The molecule has 4 nitrogen and oxygen atoms in total. The minimum Gasteiger partial charge on any atom is -0.380 e. The van der Waals surface area contributed by atoms with Crippen molar-refractivity contribution < 1.29 is 4.74 Å². The maximum Gasteiger partial charge on any atom is 0.124 e. The molecule has 23 heavy (non-hydrogen) atoms. The number of rotatable bonds is 4. The van der Waals surface area contributed by atoms with Gasteiger partial charge >= 0.3 is 0 Å².